The number of aliphatic hydroxyl groups is 1. The van der Waals surface area contributed by atoms with Crippen molar-refractivity contribution >= 4 is 0 Å². The van der Waals surface area contributed by atoms with Crippen molar-refractivity contribution in [2.75, 3.05) is 0 Å². The van der Waals surface area contributed by atoms with E-state index in [1.54, 1.807) is 6.20 Å². The lowest BCUT2D eigenvalue weighted by molar-refractivity contribution is 0.0188. The van der Waals surface area contributed by atoms with Crippen molar-refractivity contribution in [3.63, 3.8) is 0 Å². The SMILES string of the molecule is Cc1ccc(C(O)C2(C#N)CCC(C(C)C)CC2)cn1. The quantitative estimate of drug-likeness (QED) is 0.911. The van der Waals surface area contributed by atoms with Gasteiger partial charge in [0.1, 0.15) is 0 Å². The molecule has 0 aliphatic heterocycles. The lowest BCUT2D eigenvalue weighted by Gasteiger charge is -2.39. The number of pyridine rings is 1. The fourth-order valence-corrected chi connectivity index (χ4v) is 3.23. The highest BCUT2D eigenvalue weighted by Crippen LogP contribution is 2.48. The third kappa shape index (κ3) is 2.86. The molecule has 1 aromatic heterocycles. The predicted octanol–water partition coefficient (Wildman–Crippen LogP) is 3.78. The van der Waals surface area contributed by atoms with Crippen LogP contribution in [-0.2, 0) is 0 Å². The molecule has 3 nitrogen and oxygen atoms in total. The molecule has 0 spiro atoms. The first-order valence-electron chi connectivity index (χ1n) is 7.50. The van der Waals surface area contributed by atoms with Crippen LogP contribution in [0.15, 0.2) is 18.3 Å². The van der Waals surface area contributed by atoms with Crippen molar-refractivity contribution in [3.8, 4) is 6.07 Å². The number of hydrogen-bond donors (Lipinski definition) is 1. The van der Waals surface area contributed by atoms with E-state index in [0.717, 1.165) is 36.9 Å². The highest BCUT2D eigenvalue weighted by atomic mass is 16.3. The van der Waals surface area contributed by atoms with Crippen molar-refractivity contribution in [1.82, 2.24) is 4.98 Å². The molecule has 1 aromatic rings. The highest BCUT2D eigenvalue weighted by Gasteiger charge is 2.42. The normalized spacial score (nSPS) is 28.1. The van der Waals surface area contributed by atoms with Crippen LogP contribution in [0, 0.1) is 35.5 Å². The third-order valence-corrected chi connectivity index (χ3v) is 4.86. The largest absolute Gasteiger partial charge is 0.387 e. The Morgan fingerprint density at radius 1 is 1.35 bits per heavy atom. The first-order valence-corrected chi connectivity index (χ1v) is 7.50. The molecule has 1 aliphatic carbocycles. The molecule has 1 unspecified atom stereocenters. The van der Waals surface area contributed by atoms with Gasteiger partial charge in [-0.2, -0.15) is 5.26 Å². The zero-order valence-electron chi connectivity index (χ0n) is 12.6. The van der Waals surface area contributed by atoms with Crippen LogP contribution in [0.3, 0.4) is 0 Å². The van der Waals surface area contributed by atoms with E-state index in [0.29, 0.717) is 11.8 Å². The zero-order valence-corrected chi connectivity index (χ0v) is 12.6. The maximum Gasteiger partial charge on any atom is 0.0991 e. The Kier molecular flexibility index (Phi) is 4.45. The van der Waals surface area contributed by atoms with Gasteiger partial charge in [0.25, 0.3) is 0 Å². The first kappa shape index (κ1) is 15.0. The van der Waals surface area contributed by atoms with Crippen LogP contribution in [0.1, 0.15) is 56.9 Å². The average molecular weight is 272 g/mol. The fourth-order valence-electron chi connectivity index (χ4n) is 3.23. The first-order chi connectivity index (χ1) is 9.48. The summed E-state index contributed by atoms with van der Waals surface area (Å²) in [6.07, 6.45) is 4.59. The van der Waals surface area contributed by atoms with E-state index in [4.69, 9.17) is 0 Å². The van der Waals surface area contributed by atoms with Gasteiger partial charge < -0.3 is 5.11 Å². The van der Waals surface area contributed by atoms with E-state index in [2.05, 4.69) is 24.9 Å². The molecule has 0 bridgehead atoms. The van der Waals surface area contributed by atoms with Crippen molar-refractivity contribution < 1.29 is 5.11 Å². The van der Waals surface area contributed by atoms with Gasteiger partial charge in [-0.3, -0.25) is 4.98 Å². The maximum absolute atomic E-state index is 10.6. The van der Waals surface area contributed by atoms with E-state index in [1.807, 2.05) is 19.1 Å². The van der Waals surface area contributed by atoms with Gasteiger partial charge in [0.05, 0.1) is 17.6 Å². The minimum atomic E-state index is -0.728. The van der Waals surface area contributed by atoms with Crippen LogP contribution in [-0.4, -0.2) is 10.1 Å². The Hall–Kier alpha value is -1.40. The molecule has 1 saturated carbocycles. The van der Waals surface area contributed by atoms with Gasteiger partial charge in [-0.05, 0) is 50.5 Å². The fraction of sp³-hybridized carbons (Fsp3) is 0.647. The molecule has 1 heterocycles. The van der Waals surface area contributed by atoms with Gasteiger partial charge in [0, 0.05) is 17.5 Å². The van der Waals surface area contributed by atoms with Crippen molar-refractivity contribution in [1.29, 1.82) is 5.26 Å². The number of rotatable bonds is 3. The van der Waals surface area contributed by atoms with Gasteiger partial charge in [0.15, 0.2) is 0 Å². The topological polar surface area (TPSA) is 56.9 Å². The van der Waals surface area contributed by atoms with Crippen molar-refractivity contribution in [3.05, 3.63) is 29.6 Å². The molecule has 2 rings (SSSR count). The average Bonchev–Trinajstić information content (AvgIpc) is 2.47. The summed E-state index contributed by atoms with van der Waals surface area (Å²) >= 11 is 0. The molecular weight excluding hydrogens is 248 g/mol. The second-order valence-corrected chi connectivity index (χ2v) is 6.48. The summed E-state index contributed by atoms with van der Waals surface area (Å²) < 4.78 is 0. The zero-order chi connectivity index (χ0) is 14.8. The standard InChI is InChI=1S/C17H24N2O/c1-12(2)14-6-8-17(11-18,9-7-14)16(20)15-5-4-13(3)19-10-15/h4-5,10,12,14,16,20H,6-9H2,1-3H3. The molecule has 0 radical (unpaired) electrons. The molecule has 3 heteroatoms. The Labute approximate surface area is 121 Å². The third-order valence-electron chi connectivity index (χ3n) is 4.86. The van der Waals surface area contributed by atoms with Gasteiger partial charge in [-0.1, -0.05) is 19.9 Å². The molecule has 20 heavy (non-hydrogen) atoms. The van der Waals surface area contributed by atoms with Crippen LogP contribution in [0.2, 0.25) is 0 Å². The summed E-state index contributed by atoms with van der Waals surface area (Å²) in [6, 6.07) is 6.19. The van der Waals surface area contributed by atoms with E-state index in [1.165, 1.54) is 0 Å². The number of nitriles is 1. The number of aryl methyl sites for hydroxylation is 1. The Morgan fingerprint density at radius 3 is 2.45 bits per heavy atom. The van der Waals surface area contributed by atoms with E-state index >= 15 is 0 Å². The summed E-state index contributed by atoms with van der Waals surface area (Å²) in [6.45, 7) is 6.40. The second kappa shape index (κ2) is 5.93. The monoisotopic (exact) mass is 272 g/mol. The van der Waals surface area contributed by atoms with E-state index in [9.17, 15) is 10.4 Å². The van der Waals surface area contributed by atoms with Gasteiger partial charge >= 0.3 is 0 Å². The van der Waals surface area contributed by atoms with Gasteiger partial charge in [-0.25, -0.2) is 0 Å². The second-order valence-electron chi connectivity index (χ2n) is 6.48. The van der Waals surface area contributed by atoms with Crippen LogP contribution in [0.5, 0.6) is 0 Å². The summed E-state index contributed by atoms with van der Waals surface area (Å²) in [4.78, 5) is 4.23. The van der Waals surface area contributed by atoms with Crippen LogP contribution >= 0.6 is 0 Å². The summed E-state index contributed by atoms with van der Waals surface area (Å²) in [5, 5.41) is 20.3. The molecule has 0 saturated heterocycles. The number of aliphatic hydroxyl groups excluding tert-OH is 1. The van der Waals surface area contributed by atoms with E-state index < -0.39 is 11.5 Å². The minimum Gasteiger partial charge on any atom is -0.387 e. The summed E-state index contributed by atoms with van der Waals surface area (Å²) in [5.74, 6) is 1.34. The predicted molar refractivity (Wildman–Crippen MR) is 78.8 cm³/mol. The Bertz CT molecular complexity index is 479. The van der Waals surface area contributed by atoms with Crippen molar-refractivity contribution in [2.45, 2.75) is 52.6 Å². The lowest BCUT2D eigenvalue weighted by Crippen LogP contribution is -2.33. The molecular formula is C17H24N2O. The smallest absolute Gasteiger partial charge is 0.0991 e. The van der Waals surface area contributed by atoms with Crippen LogP contribution < -0.4 is 0 Å². The maximum atomic E-state index is 10.6. The molecule has 1 aliphatic rings. The Morgan fingerprint density at radius 2 is 2.00 bits per heavy atom. The molecule has 0 amide bonds. The van der Waals surface area contributed by atoms with Crippen LogP contribution in [0.25, 0.3) is 0 Å². The van der Waals surface area contributed by atoms with Crippen LogP contribution in [0.4, 0.5) is 0 Å². The molecule has 1 N–H and O–H groups in total. The Balaban J connectivity index is 2.16. The molecule has 0 aromatic carbocycles. The number of aromatic nitrogens is 1. The highest BCUT2D eigenvalue weighted by molar-refractivity contribution is 5.22. The van der Waals surface area contributed by atoms with E-state index in [-0.39, 0.29) is 0 Å². The van der Waals surface area contributed by atoms with Gasteiger partial charge in [0.2, 0.25) is 0 Å². The summed E-state index contributed by atoms with van der Waals surface area (Å²) in [7, 11) is 0. The van der Waals surface area contributed by atoms with Crippen molar-refractivity contribution in [2.24, 2.45) is 17.3 Å². The summed E-state index contributed by atoms with van der Waals surface area (Å²) in [5.41, 5.74) is 1.05. The number of nitrogens with zero attached hydrogens (tertiary/aromatic N) is 2. The molecule has 108 valence electrons. The molecule has 1 atom stereocenters. The minimum absolute atomic E-state index is 0.637. The van der Waals surface area contributed by atoms with Gasteiger partial charge in [-0.15, -0.1) is 0 Å². The number of hydrogen-bond acceptors (Lipinski definition) is 3. The lowest BCUT2D eigenvalue weighted by atomic mass is 9.65. The molecule has 1 fully saturated rings.